The lowest BCUT2D eigenvalue weighted by molar-refractivity contribution is -0.123. The Kier molecular flexibility index (Phi) is 9.51. The monoisotopic (exact) mass is 514 g/mol. The minimum atomic E-state index is -3.82. The number of hydrazone groups is 1. The smallest absolute Gasteiger partial charge is 0.260 e. The summed E-state index contributed by atoms with van der Waals surface area (Å²) in [6.07, 6.45) is 2.33. The number of hydrogen-bond donors (Lipinski definition) is 2. The van der Waals surface area contributed by atoms with Gasteiger partial charge in [-0.25, -0.2) is 13.8 Å². The van der Waals surface area contributed by atoms with Gasteiger partial charge in [-0.15, -0.1) is 0 Å². The molecular formula is C21H24Cl2N4O5S. The third kappa shape index (κ3) is 8.56. The van der Waals surface area contributed by atoms with E-state index in [1.54, 1.807) is 24.3 Å². The van der Waals surface area contributed by atoms with Crippen molar-refractivity contribution in [3.63, 3.8) is 0 Å². The molecule has 178 valence electrons. The van der Waals surface area contributed by atoms with Gasteiger partial charge in [0.1, 0.15) is 12.3 Å². The summed E-state index contributed by atoms with van der Waals surface area (Å²) in [5.74, 6) is -0.401. The fraction of sp³-hybridized carbons (Fsp3) is 0.286. The Balaban J connectivity index is 1.95. The number of nitrogens with one attached hydrogen (secondary N) is 2. The van der Waals surface area contributed by atoms with E-state index in [9.17, 15) is 18.0 Å². The van der Waals surface area contributed by atoms with E-state index >= 15 is 0 Å². The van der Waals surface area contributed by atoms with Crippen molar-refractivity contribution in [2.24, 2.45) is 5.10 Å². The van der Waals surface area contributed by atoms with Crippen LogP contribution in [0.1, 0.15) is 19.4 Å². The Bertz CT molecular complexity index is 1120. The topological polar surface area (TPSA) is 117 Å². The minimum absolute atomic E-state index is 0.0184. The van der Waals surface area contributed by atoms with Gasteiger partial charge in [0, 0.05) is 6.04 Å². The highest BCUT2D eigenvalue weighted by Gasteiger charge is 2.23. The fourth-order valence-corrected chi connectivity index (χ4v) is 3.88. The van der Waals surface area contributed by atoms with E-state index < -0.39 is 22.5 Å². The van der Waals surface area contributed by atoms with Gasteiger partial charge >= 0.3 is 0 Å². The van der Waals surface area contributed by atoms with Crippen molar-refractivity contribution in [3.05, 3.63) is 58.1 Å². The summed E-state index contributed by atoms with van der Waals surface area (Å²) in [7, 11) is -3.82. The van der Waals surface area contributed by atoms with Crippen LogP contribution in [0.2, 0.25) is 10.0 Å². The highest BCUT2D eigenvalue weighted by molar-refractivity contribution is 7.92. The number of carbonyl (C=O) groups is 2. The third-order valence-electron chi connectivity index (χ3n) is 3.99. The molecule has 0 spiro atoms. The summed E-state index contributed by atoms with van der Waals surface area (Å²) in [6.45, 7) is 3.07. The van der Waals surface area contributed by atoms with E-state index in [-0.39, 0.29) is 34.3 Å². The zero-order chi connectivity index (χ0) is 24.6. The maximum atomic E-state index is 12.3. The second-order valence-corrected chi connectivity index (χ2v) is 9.91. The lowest BCUT2D eigenvalue weighted by Gasteiger charge is -2.22. The van der Waals surface area contributed by atoms with Crippen LogP contribution < -0.4 is 19.8 Å². The Labute approximate surface area is 202 Å². The normalized spacial score (nSPS) is 11.5. The molecule has 0 aliphatic carbocycles. The van der Waals surface area contributed by atoms with Gasteiger partial charge in [-0.1, -0.05) is 29.3 Å². The van der Waals surface area contributed by atoms with Gasteiger partial charge in [-0.05, 0) is 55.8 Å². The molecular weight excluding hydrogens is 491 g/mol. The van der Waals surface area contributed by atoms with E-state index in [0.717, 1.165) is 10.6 Å². The zero-order valence-electron chi connectivity index (χ0n) is 18.2. The third-order valence-corrected chi connectivity index (χ3v) is 5.93. The molecule has 9 nitrogen and oxygen atoms in total. The van der Waals surface area contributed by atoms with Crippen LogP contribution in [0.25, 0.3) is 0 Å². The summed E-state index contributed by atoms with van der Waals surface area (Å²) in [4.78, 5) is 23.9. The first-order valence-corrected chi connectivity index (χ1v) is 12.3. The van der Waals surface area contributed by atoms with Gasteiger partial charge in [0.15, 0.2) is 6.61 Å². The number of nitrogens with zero attached hydrogens (tertiary/aromatic N) is 2. The van der Waals surface area contributed by atoms with Crippen LogP contribution in [0.15, 0.2) is 47.6 Å². The van der Waals surface area contributed by atoms with Crippen molar-refractivity contribution < 1.29 is 22.7 Å². The van der Waals surface area contributed by atoms with Crippen molar-refractivity contribution in [1.29, 1.82) is 0 Å². The van der Waals surface area contributed by atoms with E-state index in [0.29, 0.717) is 11.3 Å². The first kappa shape index (κ1) is 26.4. The van der Waals surface area contributed by atoms with Crippen molar-refractivity contribution in [2.45, 2.75) is 19.9 Å². The predicted molar refractivity (Wildman–Crippen MR) is 130 cm³/mol. The summed E-state index contributed by atoms with van der Waals surface area (Å²) in [6, 6.07) is 11.2. The van der Waals surface area contributed by atoms with E-state index in [1.807, 2.05) is 13.8 Å². The maximum absolute atomic E-state index is 12.3. The van der Waals surface area contributed by atoms with Crippen molar-refractivity contribution >= 4 is 56.9 Å². The molecule has 0 fully saturated rings. The highest BCUT2D eigenvalue weighted by atomic mass is 35.5. The number of amides is 2. The second kappa shape index (κ2) is 11.9. The quantitative estimate of drug-likeness (QED) is 0.373. The van der Waals surface area contributed by atoms with Crippen molar-refractivity contribution in [1.82, 2.24) is 10.7 Å². The number of benzene rings is 2. The van der Waals surface area contributed by atoms with Gasteiger partial charge in [0.25, 0.3) is 11.8 Å². The molecule has 0 aromatic heterocycles. The summed E-state index contributed by atoms with van der Waals surface area (Å²) in [5.41, 5.74) is 3.01. The van der Waals surface area contributed by atoms with Gasteiger partial charge in [0.2, 0.25) is 10.0 Å². The molecule has 0 radical (unpaired) electrons. The van der Waals surface area contributed by atoms with Crippen molar-refractivity contribution in [3.8, 4) is 5.75 Å². The molecule has 0 aliphatic rings. The largest absolute Gasteiger partial charge is 0.484 e. The van der Waals surface area contributed by atoms with Crippen LogP contribution in [0.5, 0.6) is 5.75 Å². The van der Waals surface area contributed by atoms with E-state index in [4.69, 9.17) is 27.9 Å². The molecule has 0 heterocycles. The molecule has 33 heavy (non-hydrogen) atoms. The van der Waals surface area contributed by atoms with Gasteiger partial charge in [-0.3, -0.25) is 13.9 Å². The number of rotatable bonds is 10. The Morgan fingerprint density at radius 3 is 2.39 bits per heavy atom. The lowest BCUT2D eigenvalue weighted by atomic mass is 10.2. The number of hydrogen-bond acceptors (Lipinski definition) is 6. The van der Waals surface area contributed by atoms with Crippen LogP contribution in [-0.4, -0.2) is 51.9 Å². The zero-order valence-corrected chi connectivity index (χ0v) is 20.5. The van der Waals surface area contributed by atoms with Gasteiger partial charge in [0.05, 0.1) is 28.2 Å². The first-order valence-electron chi connectivity index (χ1n) is 9.73. The standard InChI is InChI=1S/C21H24Cl2N4O5S/c1-14(2)25-20(29)13-32-16-9-7-15(8-10-16)11-24-26-19(28)12-27(33(3,30)31)18-6-4-5-17(22)21(18)23/h4-11,14H,12-13H2,1-3H3,(H,25,29)(H,26,28)/b24-11-. The Hall–Kier alpha value is -2.82. The van der Waals surface area contributed by atoms with Gasteiger partial charge < -0.3 is 10.1 Å². The Morgan fingerprint density at radius 1 is 1.12 bits per heavy atom. The summed E-state index contributed by atoms with van der Waals surface area (Å²) >= 11 is 12.1. The number of carbonyl (C=O) groups excluding carboxylic acids is 2. The summed E-state index contributed by atoms with van der Waals surface area (Å²) < 4.78 is 30.6. The number of anilines is 1. The molecule has 2 aromatic rings. The average Bonchev–Trinajstić information content (AvgIpc) is 2.72. The number of sulfonamides is 1. The molecule has 0 aliphatic heterocycles. The van der Waals surface area contributed by atoms with Crippen LogP contribution >= 0.6 is 23.2 Å². The average molecular weight is 515 g/mol. The first-order chi connectivity index (χ1) is 15.5. The molecule has 2 rings (SSSR count). The fourth-order valence-electron chi connectivity index (χ4n) is 2.57. The Morgan fingerprint density at radius 2 is 1.79 bits per heavy atom. The number of ether oxygens (including phenoxy) is 1. The predicted octanol–water partition coefficient (Wildman–Crippen LogP) is 2.81. The SMILES string of the molecule is CC(C)NC(=O)COc1ccc(/C=N\NC(=O)CN(c2cccc(Cl)c2Cl)S(C)(=O)=O)cc1. The molecule has 0 bridgehead atoms. The lowest BCUT2D eigenvalue weighted by Crippen LogP contribution is -2.39. The van der Waals surface area contributed by atoms with Crippen LogP contribution in [-0.2, 0) is 19.6 Å². The minimum Gasteiger partial charge on any atom is -0.484 e. The van der Waals surface area contributed by atoms with Crippen molar-refractivity contribution in [2.75, 3.05) is 23.7 Å². The highest BCUT2D eigenvalue weighted by Crippen LogP contribution is 2.33. The molecule has 0 saturated carbocycles. The molecule has 2 amide bonds. The van der Waals surface area contributed by atoms with Crippen LogP contribution in [0.4, 0.5) is 5.69 Å². The van der Waals surface area contributed by atoms with E-state index in [1.165, 1.54) is 24.4 Å². The molecule has 2 aromatic carbocycles. The van der Waals surface area contributed by atoms with E-state index in [2.05, 4.69) is 15.8 Å². The molecule has 0 atom stereocenters. The second-order valence-electron chi connectivity index (χ2n) is 7.22. The maximum Gasteiger partial charge on any atom is 0.260 e. The molecule has 0 unspecified atom stereocenters. The number of halogens is 2. The molecule has 12 heteroatoms. The van der Waals surface area contributed by atoms with Gasteiger partial charge in [-0.2, -0.15) is 5.10 Å². The van der Waals surface area contributed by atoms with Crippen LogP contribution in [0, 0.1) is 0 Å². The molecule has 0 saturated heterocycles. The molecule has 2 N–H and O–H groups in total. The van der Waals surface area contributed by atoms with Crippen LogP contribution in [0.3, 0.4) is 0 Å². The summed E-state index contributed by atoms with van der Waals surface area (Å²) in [5, 5.41) is 6.74.